The van der Waals surface area contributed by atoms with Crippen LogP contribution in [-0.2, 0) is 20.7 Å². The Bertz CT molecular complexity index is 760. The smallest absolute Gasteiger partial charge is 0.307 e. The van der Waals surface area contributed by atoms with Gasteiger partial charge < -0.3 is 19.9 Å². The molecule has 2 N–H and O–H groups in total. The number of aryl methyl sites for hydroxylation is 1. The molecule has 0 radical (unpaired) electrons. The van der Waals surface area contributed by atoms with Gasteiger partial charge >= 0.3 is 5.97 Å². The van der Waals surface area contributed by atoms with Gasteiger partial charge in [0.1, 0.15) is 13.2 Å². The highest BCUT2D eigenvalue weighted by Crippen LogP contribution is 2.31. The Hall–Kier alpha value is -3.02. The van der Waals surface area contributed by atoms with Crippen LogP contribution in [0.3, 0.4) is 0 Å². The first-order valence-corrected chi connectivity index (χ1v) is 8.06. The highest BCUT2D eigenvalue weighted by Gasteiger charge is 2.22. The third-order valence-electron chi connectivity index (χ3n) is 3.83. The Morgan fingerprint density at radius 2 is 1.76 bits per heavy atom. The van der Waals surface area contributed by atoms with Crippen molar-refractivity contribution in [1.29, 1.82) is 0 Å². The highest BCUT2D eigenvalue weighted by atomic mass is 16.6. The van der Waals surface area contributed by atoms with Gasteiger partial charge in [-0.2, -0.15) is 0 Å². The fraction of sp³-hybridized carbons (Fsp3) is 0.263. The predicted octanol–water partition coefficient (Wildman–Crippen LogP) is 2.16. The van der Waals surface area contributed by atoms with Crippen molar-refractivity contribution in [1.82, 2.24) is 0 Å². The van der Waals surface area contributed by atoms with Gasteiger partial charge in [0.15, 0.2) is 11.5 Å². The normalized spacial score (nSPS) is 13.8. The van der Waals surface area contributed by atoms with Gasteiger partial charge in [0.05, 0.1) is 0 Å². The van der Waals surface area contributed by atoms with Gasteiger partial charge in [0, 0.05) is 12.0 Å². The minimum Gasteiger partial charge on any atom is -0.486 e. The van der Waals surface area contributed by atoms with Crippen molar-refractivity contribution >= 4 is 11.9 Å². The Morgan fingerprint density at radius 3 is 2.48 bits per heavy atom. The van der Waals surface area contributed by atoms with E-state index in [1.54, 1.807) is 24.3 Å². The average Bonchev–Trinajstić information content (AvgIpc) is 2.64. The number of hydrogen-bond acceptors (Lipinski definition) is 5. The molecule has 25 heavy (non-hydrogen) atoms. The first kappa shape index (κ1) is 16.8. The lowest BCUT2D eigenvalue weighted by Crippen LogP contribution is -2.26. The summed E-state index contributed by atoms with van der Waals surface area (Å²) in [7, 11) is 0. The zero-order chi connectivity index (χ0) is 17.6. The summed E-state index contributed by atoms with van der Waals surface area (Å²) in [6.07, 6.45) is -0.472. The number of carbonyl (C=O) groups excluding carboxylic acids is 2. The number of esters is 1. The molecule has 130 valence electrons. The number of primary amides is 1. The van der Waals surface area contributed by atoms with Crippen molar-refractivity contribution in [3.63, 3.8) is 0 Å². The lowest BCUT2D eigenvalue weighted by Gasteiger charge is -2.19. The fourth-order valence-electron chi connectivity index (χ4n) is 2.60. The maximum absolute atomic E-state index is 12.1. The van der Waals surface area contributed by atoms with Crippen molar-refractivity contribution in [2.45, 2.75) is 18.9 Å². The summed E-state index contributed by atoms with van der Waals surface area (Å²) in [5.74, 6) is 0.202. The molecule has 1 atom stereocenters. The summed E-state index contributed by atoms with van der Waals surface area (Å²) in [6.45, 7) is 1.04. The summed E-state index contributed by atoms with van der Waals surface area (Å²) in [6, 6.07) is 14.3. The largest absolute Gasteiger partial charge is 0.486 e. The minimum atomic E-state index is -1.08. The fourth-order valence-corrected chi connectivity index (χ4v) is 2.60. The van der Waals surface area contributed by atoms with Crippen molar-refractivity contribution in [3.8, 4) is 11.5 Å². The molecule has 0 aliphatic carbocycles. The van der Waals surface area contributed by atoms with Crippen LogP contribution in [0.25, 0.3) is 0 Å². The van der Waals surface area contributed by atoms with Gasteiger partial charge in [-0.05, 0) is 24.1 Å². The molecule has 1 aliphatic rings. The molecule has 3 rings (SSSR count). The average molecular weight is 341 g/mol. The molecule has 0 saturated carbocycles. The van der Waals surface area contributed by atoms with Crippen LogP contribution < -0.4 is 15.2 Å². The van der Waals surface area contributed by atoms with Crippen molar-refractivity contribution in [2.75, 3.05) is 13.2 Å². The molecular formula is C19H19NO5. The van der Waals surface area contributed by atoms with Gasteiger partial charge in [-0.1, -0.05) is 36.4 Å². The maximum atomic E-state index is 12.1. The van der Waals surface area contributed by atoms with Crippen molar-refractivity contribution in [2.24, 2.45) is 5.73 Å². The quantitative estimate of drug-likeness (QED) is 0.814. The van der Waals surface area contributed by atoms with E-state index in [0.29, 0.717) is 36.7 Å². The molecule has 1 amide bonds. The number of fused-ring (bicyclic) bond motifs is 1. The van der Waals surface area contributed by atoms with Gasteiger partial charge in [0.2, 0.25) is 6.10 Å². The highest BCUT2D eigenvalue weighted by molar-refractivity contribution is 5.83. The molecule has 6 nitrogen and oxygen atoms in total. The van der Waals surface area contributed by atoms with Gasteiger partial charge in [0.25, 0.3) is 5.91 Å². The first-order chi connectivity index (χ1) is 12.1. The third kappa shape index (κ3) is 4.29. The molecule has 0 spiro atoms. The molecular weight excluding hydrogens is 322 g/mol. The van der Waals surface area contributed by atoms with E-state index in [0.717, 1.165) is 5.56 Å². The maximum Gasteiger partial charge on any atom is 0.307 e. The number of rotatable bonds is 6. The van der Waals surface area contributed by atoms with Crippen molar-refractivity contribution in [3.05, 3.63) is 59.7 Å². The minimum absolute atomic E-state index is 0.135. The molecule has 2 aromatic rings. The van der Waals surface area contributed by atoms with E-state index in [1.807, 2.05) is 24.3 Å². The number of carbonyl (C=O) groups is 2. The first-order valence-electron chi connectivity index (χ1n) is 8.06. The standard InChI is InChI=1S/C19H19NO5/c20-19(22)18(14-4-2-1-3-5-14)25-17(21)9-7-13-6-8-15-16(12-13)24-11-10-23-15/h1-6,8,12,18H,7,9-11H2,(H2,20,22). The summed E-state index contributed by atoms with van der Waals surface area (Å²) >= 11 is 0. The Morgan fingerprint density at radius 1 is 1.04 bits per heavy atom. The summed E-state index contributed by atoms with van der Waals surface area (Å²) in [4.78, 5) is 23.7. The number of benzene rings is 2. The van der Waals surface area contributed by atoms with Gasteiger partial charge in [-0.3, -0.25) is 9.59 Å². The summed E-state index contributed by atoms with van der Waals surface area (Å²) in [5, 5.41) is 0. The Balaban J connectivity index is 1.59. The Kier molecular flexibility index (Phi) is 5.18. The SMILES string of the molecule is NC(=O)C(OC(=O)CCc1ccc2c(c1)OCCO2)c1ccccc1. The molecule has 1 aliphatic heterocycles. The summed E-state index contributed by atoms with van der Waals surface area (Å²) in [5.41, 5.74) is 6.84. The van der Waals surface area contributed by atoms with Crippen LogP contribution in [0, 0.1) is 0 Å². The molecule has 6 heteroatoms. The molecule has 0 saturated heterocycles. The van der Waals surface area contributed by atoms with E-state index in [9.17, 15) is 9.59 Å². The van der Waals surface area contributed by atoms with Crippen LogP contribution in [0.5, 0.6) is 11.5 Å². The monoisotopic (exact) mass is 341 g/mol. The van der Waals surface area contributed by atoms with Crippen LogP contribution >= 0.6 is 0 Å². The molecule has 2 aromatic carbocycles. The second-order valence-electron chi connectivity index (χ2n) is 5.66. The van der Waals surface area contributed by atoms with E-state index in [-0.39, 0.29) is 6.42 Å². The third-order valence-corrected chi connectivity index (χ3v) is 3.83. The molecule has 0 bridgehead atoms. The van der Waals surface area contributed by atoms with Crippen LogP contribution in [0.4, 0.5) is 0 Å². The number of amides is 1. The number of hydrogen-bond donors (Lipinski definition) is 1. The molecule has 1 unspecified atom stereocenters. The van der Waals surface area contributed by atoms with Crippen LogP contribution in [-0.4, -0.2) is 25.1 Å². The van der Waals surface area contributed by atoms with E-state index in [1.165, 1.54) is 0 Å². The second-order valence-corrected chi connectivity index (χ2v) is 5.66. The van der Waals surface area contributed by atoms with Gasteiger partial charge in [-0.15, -0.1) is 0 Å². The zero-order valence-electron chi connectivity index (χ0n) is 13.6. The molecule has 1 heterocycles. The molecule has 0 fully saturated rings. The van der Waals surface area contributed by atoms with E-state index in [4.69, 9.17) is 19.9 Å². The van der Waals surface area contributed by atoms with Crippen LogP contribution in [0.2, 0.25) is 0 Å². The van der Waals surface area contributed by atoms with Crippen LogP contribution in [0.1, 0.15) is 23.7 Å². The summed E-state index contributed by atoms with van der Waals surface area (Å²) < 4.78 is 16.2. The lowest BCUT2D eigenvalue weighted by atomic mass is 10.1. The van der Waals surface area contributed by atoms with Gasteiger partial charge in [-0.25, -0.2) is 0 Å². The Labute approximate surface area is 145 Å². The van der Waals surface area contributed by atoms with Crippen LogP contribution in [0.15, 0.2) is 48.5 Å². The second kappa shape index (κ2) is 7.70. The number of ether oxygens (including phenoxy) is 3. The number of nitrogens with two attached hydrogens (primary N) is 1. The lowest BCUT2D eigenvalue weighted by molar-refractivity contribution is -0.155. The molecule has 0 aromatic heterocycles. The van der Waals surface area contributed by atoms with E-state index < -0.39 is 18.0 Å². The topological polar surface area (TPSA) is 87.9 Å². The van der Waals surface area contributed by atoms with E-state index in [2.05, 4.69) is 0 Å². The zero-order valence-corrected chi connectivity index (χ0v) is 13.6. The van der Waals surface area contributed by atoms with E-state index >= 15 is 0 Å². The van der Waals surface area contributed by atoms with Crippen molar-refractivity contribution < 1.29 is 23.8 Å². The predicted molar refractivity (Wildman–Crippen MR) is 90.2 cm³/mol.